The highest BCUT2D eigenvalue weighted by Gasteiger charge is 2.32. The summed E-state index contributed by atoms with van der Waals surface area (Å²) in [5, 5.41) is 14.0. The van der Waals surface area contributed by atoms with Crippen LogP contribution in [0.5, 0.6) is 5.75 Å². The van der Waals surface area contributed by atoms with Gasteiger partial charge in [0.05, 0.1) is 40.8 Å². The second-order valence-corrected chi connectivity index (χ2v) is 7.57. The minimum Gasteiger partial charge on any atom is -0.501 e. The number of halogens is 2. The van der Waals surface area contributed by atoms with Gasteiger partial charge in [-0.15, -0.1) is 0 Å². The van der Waals surface area contributed by atoms with Crippen LogP contribution < -0.4 is 9.64 Å². The molecule has 136 valence electrons. The van der Waals surface area contributed by atoms with Crippen LogP contribution in [0.2, 0.25) is 0 Å². The van der Waals surface area contributed by atoms with Gasteiger partial charge >= 0.3 is 0 Å². The Bertz CT molecular complexity index is 884. The van der Waals surface area contributed by atoms with Crippen LogP contribution in [0, 0.1) is 12.4 Å². The average molecular weight is 421 g/mol. The van der Waals surface area contributed by atoms with Gasteiger partial charge < -0.3 is 14.7 Å². The molecule has 1 aliphatic carbocycles. The van der Waals surface area contributed by atoms with E-state index in [1.807, 2.05) is 0 Å². The molecule has 1 N–H and O–H groups in total. The molecule has 4 rings (SSSR count). The molecular weight excluding hydrogens is 403 g/mol. The van der Waals surface area contributed by atoms with Crippen molar-refractivity contribution < 1.29 is 14.2 Å². The van der Waals surface area contributed by atoms with Gasteiger partial charge in [-0.1, -0.05) is 0 Å². The number of ether oxygens (including phenoxy) is 1. The number of aliphatic hydroxyl groups excluding tert-OH is 1. The predicted octanol–water partition coefficient (Wildman–Crippen LogP) is 3.65. The topological polar surface area (TPSA) is 54.9 Å². The van der Waals surface area contributed by atoms with E-state index in [2.05, 4.69) is 25.9 Å². The van der Waals surface area contributed by atoms with E-state index >= 15 is 4.39 Å². The van der Waals surface area contributed by atoms with Crippen LogP contribution >= 0.6 is 15.9 Å². The van der Waals surface area contributed by atoms with Crippen molar-refractivity contribution in [2.75, 3.05) is 18.0 Å². The summed E-state index contributed by atoms with van der Waals surface area (Å²) in [7, 11) is 1.71. The zero-order valence-electron chi connectivity index (χ0n) is 14.2. The molecule has 1 saturated heterocycles. The van der Waals surface area contributed by atoms with Crippen LogP contribution in [0.4, 0.5) is 15.8 Å². The molecule has 6 nitrogen and oxygen atoms in total. The van der Waals surface area contributed by atoms with Crippen molar-refractivity contribution in [2.45, 2.75) is 31.5 Å². The van der Waals surface area contributed by atoms with Gasteiger partial charge in [-0.25, -0.2) is 9.24 Å². The van der Waals surface area contributed by atoms with Gasteiger partial charge in [-0.2, -0.15) is 5.10 Å². The summed E-state index contributed by atoms with van der Waals surface area (Å²) in [6.45, 7) is 8.55. The minimum atomic E-state index is -0.488. The first-order valence-electron chi connectivity index (χ1n) is 8.51. The second kappa shape index (κ2) is 6.56. The lowest BCUT2D eigenvalue weighted by atomic mass is 10.1. The maximum absolute atomic E-state index is 15.6. The summed E-state index contributed by atoms with van der Waals surface area (Å²) in [5.74, 6) is -0.0964. The summed E-state index contributed by atoms with van der Waals surface area (Å²) in [6.07, 6.45) is 3.66. The molecule has 0 spiro atoms. The number of anilines is 1. The Morgan fingerprint density at radius 1 is 1.42 bits per heavy atom. The molecule has 2 heterocycles. The molecule has 0 radical (unpaired) electrons. The number of nitrogens with zero attached hydrogens (tertiary/aromatic N) is 4. The summed E-state index contributed by atoms with van der Waals surface area (Å²) < 4.78 is 23.7. The van der Waals surface area contributed by atoms with Gasteiger partial charge in [0.1, 0.15) is 11.6 Å². The third kappa shape index (κ3) is 2.95. The lowest BCUT2D eigenvalue weighted by molar-refractivity contribution is 0.198. The fraction of sp³-hybridized carbons (Fsp3) is 0.444. The lowest BCUT2D eigenvalue weighted by Gasteiger charge is -2.23. The molecule has 2 aromatic rings. The molecule has 2 fully saturated rings. The Morgan fingerprint density at radius 3 is 2.73 bits per heavy atom. The van der Waals surface area contributed by atoms with E-state index in [-0.39, 0.29) is 17.4 Å². The van der Waals surface area contributed by atoms with Gasteiger partial charge in [0, 0.05) is 25.7 Å². The fourth-order valence-corrected chi connectivity index (χ4v) is 3.82. The van der Waals surface area contributed by atoms with E-state index in [1.54, 1.807) is 28.9 Å². The van der Waals surface area contributed by atoms with Crippen molar-refractivity contribution in [2.24, 2.45) is 7.05 Å². The van der Waals surface area contributed by atoms with E-state index in [1.165, 1.54) is 0 Å². The molecule has 1 atom stereocenters. The highest BCUT2D eigenvalue weighted by Crippen LogP contribution is 2.48. The third-order valence-corrected chi connectivity index (χ3v) is 5.33. The molecule has 26 heavy (non-hydrogen) atoms. The number of aromatic nitrogens is 2. The van der Waals surface area contributed by atoms with Crippen molar-refractivity contribution in [3.8, 4) is 17.0 Å². The summed E-state index contributed by atoms with van der Waals surface area (Å²) in [6, 6.07) is 1.60. The third-order valence-electron chi connectivity index (χ3n) is 4.75. The highest BCUT2D eigenvalue weighted by molar-refractivity contribution is 9.10. The number of aryl methyl sites for hydroxylation is 1. The van der Waals surface area contributed by atoms with Gasteiger partial charge in [0.15, 0.2) is 0 Å². The molecule has 1 aromatic heterocycles. The lowest BCUT2D eigenvalue weighted by Crippen LogP contribution is -2.22. The molecule has 8 heteroatoms. The summed E-state index contributed by atoms with van der Waals surface area (Å²) in [5.41, 5.74) is 1.19. The predicted molar refractivity (Wildman–Crippen MR) is 99.1 cm³/mol. The average Bonchev–Trinajstić information content (AvgIpc) is 3.23. The van der Waals surface area contributed by atoms with Crippen LogP contribution in [0.1, 0.15) is 19.3 Å². The van der Waals surface area contributed by atoms with Crippen molar-refractivity contribution >= 4 is 27.3 Å². The van der Waals surface area contributed by atoms with Crippen LogP contribution in [0.25, 0.3) is 16.1 Å². The number of β-amino-alcohol motifs (C(OH)–C–C–N with tert-alkyl or cyclic N) is 1. The number of hydrogen-bond acceptors (Lipinski definition) is 4. The van der Waals surface area contributed by atoms with Gasteiger partial charge in [-0.3, -0.25) is 4.68 Å². The monoisotopic (exact) mass is 420 g/mol. The van der Waals surface area contributed by atoms with E-state index in [4.69, 9.17) is 11.3 Å². The zero-order valence-corrected chi connectivity index (χ0v) is 15.8. The van der Waals surface area contributed by atoms with Crippen molar-refractivity contribution in [3.05, 3.63) is 34.0 Å². The Hall–Kier alpha value is -2.11. The first-order valence-corrected chi connectivity index (χ1v) is 9.30. The molecule has 1 saturated carbocycles. The van der Waals surface area contributed by atoms with Crippen LogP contribution in [0.15, 0.2) is 16.7 Å². The van der Waals surface area contributed by atoms with Gasteiger partial charge in [0.25, 0.3) is 0 Å². The largest absolute Gasteiger partial charge is 0.501 e. The van der Waals surface area contributed by atoms with Gasteiger partial charge in [0.2, 0.25) is 5.69 Å². The first-order chi connectivity index (χ1) is 12.5. The highest BCUT2D eigenvalue weighted by atomic mass is 79.9. The van der Waals surface area contributed by atoms with Gasteiger partial charge in [-0.05, 0) is 41.3 Å². The minimum absolute atomic E-state index is 0.0841. The molecular formula is C18H18BrFN4O2. The molecule has 0 bridgehead atoms. The normalized spacial score (nSPS) is 19.7. The maximum Gasteiger partial charge on any atom is 0.240 e. The Morgan fingerprint density at radius 2 is 2.19 bits per heavy atom. The second-order valence-electron chi connectivity index (χ2n) is 6.71. The SMILES string of the molecule is [C-]#[N+]c1c(OC2CC2)cc(N2CCC(O)C2)c(F)c1-c1c(Br)cnn1C. The number of rotatable bonds is 4. The number of aliphatic hydroxyl groups is 1. The molecule has 1 unspecified atom stereocenters. The Labute approximate surface area is 159 Å². The summed E-state index contributed by atoms with van der Waals surface area (Å²) >= 11 is 3.41. The van der Waals surface area contributed by atoms with Crippen LogP contribution in [0.3, 0.4) is 0 Å². The van der Waals surface area contributed by atoms with E-state index in [0.29, 0.717) is 41.1 Å². The molecule has 0 amide bonds. The van der Waals surface area contributed by atoms with E-state index < -0.39 is 11.9 Å². The standard InChI is InChI=1S/C18H18BrFN4O2/c1-21-17-14(26-11-3-4-11)7-13(24-6-5-10(25)9-24)16(20)15(17)18-12(19)8-22-23(18)2/h7-8,10-11,25H,3-6,9H2,2H3. The molecule has 2 aliphatic rings. The summed E-state index contributed by atoms with van der Waals surface area (Å²) in [4.78, 5) is 5.39. The fourth-order valence-electron chi connectivity index (χ4n) is 3.28. The zero-order chi connectivity index (χ0) is 18.4. The van der Waals surface area contributed by atoms with E-state index in [9.17, 15) is 5.11 Å². The molecule has 1 aromatic carbocycles. The Kier molecular flexibility index (Phi) is 4.37. The van der Waals surface area contributed by atoms with Crippen LogP contribution in [-0.4, -0.2) is 40.2 Å². The van der Waals surface area contributed by atoms with Crippen molar-refractivity contribution in [1.29, 1.82) is 0 Å². The van der Waals surface area contributed by atoms with Crippen molar-refractivity contribution in [1.82, 2.24) is 9.78 Å². The number of benzene rings is 1. The Balaban J connectivity index is 1.94. The number of hydrogen-bond donors (Lipinski definition) is 1. The maximum atomic E-state index is 15.6. The van der Waals surface area contributed by atoms with Crippen molar-refractivity contribution in [3.63, 3.8) is 0 Å². The quantitative estimate of drug-likeness (QED) is 0.766. The first kappa shape index (κ1) is 17.3. The van der Waals surface area contributed by atoms with Crippen LogP contribution in [-0.2, 0) is 7.05 Å². The van der Waals surface area contributed by atoms with E-state index in [0.717, 1.165) is 12.8 Å². The molecule has 1 aliphatic heterocycles. The smallest absolute Gasteiger partial charge is 0.240 e.